The molecule has 0 amide bonds. The number of oxazole rings is 1. The van der Waals surface area contributed by atoms with Gasteiger partial charge in [-0.25, -0.2) is 4.98 Å². The van der Waals surface area contributed by atoms with Gasteiger partial charge in [-0.05, 0) is 46.4 Å². The van der Waals surface area contributed by atoms with Gasteiger partial charge in [-0.2, -0.15) is 0 Å². The Kier molecular flexibility index (Phi) is 2.44. The number of aromatic nitrogens is 2. The van der Waals surface area contributed by atoms with E-state index in [1.54, 1.807) is 6.26 Å². The number of nitrogens with zero attached hydrogens (tertiary/aromatic N) is 2. The van der Waals surface area contributed by atoms with Crippen LogP contribution in [0.1, 0.15) is 5.69 Å². The number of aryl methyl sites for hydroxylation is 1. The van der Waals surface area contributed by atoms with Crippen molar-refractivity contribution in [3.63, 3.8) is 0 Å². The van der Waals surface area contributed by atoms with Gasteiger partial charge in [0.2, 0.25) is 5.89 Å². The standard InChI is InChI=1S/C13H9BrN2O/c1-8-11-3-2-10(6-9(11)4-5-15-8)13-16-12(14)7-17-13/h2-7H,1H3. The summed E-state index contributed by atoms with van der Waals surface area (Å²) < 4.78 is 6.06. The summed E-state index contributed by atoms with van der Waals surface area (Å²) in [5.74, 6) is 0.619. The second-order valence-corrected chi connectivity index (χ2v) is 4.62. The number of fused-ring (bicyclic) bond motifs is 1. The van der Waals surface area contributed by atoms with Gasteiger partial charge in [0.25, 0.3) is 0 Å². The van der Waals surface area contributed by atoms with Gasteiger partial charge < -0.3 is 4.42 Å². The van der Waals surface area contributed by atoms with E-state index in [0.717, 1.165) is 22.0 Å². The van der Waals surface area contributed by atoms with E-state index >= 15 is 0 Å². The lowest BCUT2D eigenvalue weighted by Crippen LogP contribution is -1.84. The second-order valence-electron chi connectivity index (χ2n) is 3.81. The van der Waals surface area contributed by atoms with Crippen molar-refractivity contribution in [2.45, 2.75) is 6.92 Å². The van der Waals surface area contributed by atoms with Crippen LogP contribution in [0.2, 0.25) is 0 Å². The van der Waals surface area contributed by atoms with Crippen LogP contribution in [0.4, 0.5) is 0 Å². The molecule has 4 heteroatoms. The molecule has 0 aliphatic heterocycles. The molecule has 17 heavy (non-hydrogen) atoms. The first kappa shape index (κ1) is 10.5. The topological polar surface area (TPSA) is 38.9 Å². The van der Waals surface area contributed by atoms with E-state index in [1.165, 1.54) is 0 Å². The van der Waals surface area contributed by atoms with Crippen LogP contribution >= 0.6 is 15.9 Å². The molecule has 2 aromatic heterocycles. The number of pyridine rings is 1. The molecule has 0 fully saturated rings. The molecule has 0 aliphatic rings. The lowest BCUT2D eigenvalue weighted by Gasteiger charge is -2.02. The monoisotopic (exact) mass is 288 g/mol. The third-order valence-electron chi connectivity index (χ3n) is 2.69. The van der Waals surface area contributed by atoms with Crippen LogP contribution < -0.4 is 0 Å². The zero-order valence-electron chi connectivity index (χ0n) is 9.14. The summed E-state index contributed by atoms with van der Waals surface area (Å²) in [6.07, 6.45) is 3.39. The zero-order chi connectivity index (χ0) is 11.8. The highest BCUT2D eigenvalue weighted by molar-refractivity contribution is 9.10. The Morgan fingerprint density at radius 3 is 2.88 bits per heavy atom. The molecule has 0 saturated heterocycles. The minimum absolute atomic E-state index is 0.619. The number of hydrogen-bond acceptors (Lipinski definition) is 3. The first-order chi connectivity index (χ1) is 8.24. The third kappa shape index (κ3) is 1.85. The summed E-state index contributed by atoms with van der Waals surface area (Å²) in [4.78, 5) is 8.51. The smallest absolute Gasteiger partial charge is 0.227 e. The van der Waals surface area contributed by atoms with E-state index in [1.807, 2.05) is 31.3 Å². The summed E-state index contributed by atoms with van der Waals surface area (Å²) >= 11 is 3.28. The largest absolute Gasteiger partial charge is 0.443 e. The average molecular weight is 289 g/mol. The van der Waals surface area contributed by atoms with Gasteiger partial charge in [-0.3, -0.25) is 4.98 Å². The molecule has 2 heterocycles. The summed E-state index contributed by atoms with van der Waals surface area (Å²) in [5, 5.41) is 2.30. The molecule has 3 nitrogen and oxygen atoms in total. The van der Waals surface area contributed by atoms with Crippen molar-refractivity contribution in [2.75, 3.05) is 0 Å². The fourth-order valence-corrected chi connectivity index (χ4v) is 2.10. The lowest BCUT2D eigenvalue weighted by molar-refractivity contribution is 0.574. The molecule has 0 unspecified atom stereocenters. The van der Waals surface area contributed by atoms with Gasteiger partial charge in [0.05, 0.1) is 0 Å². The van der Waals surface area contributed by atoms with Gasteiger partial charge in [-0.1, -0.05) is 6.07 Å². The van der Waals surface area contributed by atoms with E-state index in [0.29, 0.717) is 10.5 Å². The Labute approximate surface area is 107 Å². The number of hydrogen-bond donors (Lipinski definition) is 0. The minimum Gasteiger partial charge on any atom is -0.443 e. The lowest BCUT2D eigenvalue weighted by atomic mass is 10.1. The van der Waals surface area contributed by atoms with E-state index in [-0.39, 0.29) is 0 Å². The quantitative estimate of drug-likeness (QED) is 0.680. The van der Waals surface area contributed by atoms with Crippen LogP contribution in [0.25, 0.3) is 22.2 Å². The van der Waals surface area contributed by atoms with Crippen LogP contribution in [0.15, 0.2) is 45.7 Å². The number of halogens is 1. The average Bonchev–Trinajstić information content (AvgIpc) is 2.76. The van der Waals surface area contributed by atoms with Crippen LogP contribution in [0.3, 0.4) is 0 Å². The van der Waals surface area contributed by atoms with Crippen LogP contribution in [0.5, 0.6) is 0 Å². The van der Waals surface area contributed by atoms with Crippen molar-refractivity contribution >= 4 is 26.7 Å². The SMILES string of the molecule is Cc1nccc2cc(-c3nc(Br)co3)ccc12. The van der Waals surface area contributed by atoms with E-state index in [9.17, 15) is 0 Å². The summed E-state index contributed by atoms with van der Waals surface area (Å²) in [6.45, 7) is 2.00. The Balaban J connectivity index is 2.20. The molecule has 3 aromatic rings. The van der Waals surface area contributed by atoms with Crippen molar-refractivity contribution in [3.05, 3.63) is 47.0 Å². The van der Waals surface area contributed by atoms with E-state index < -0.39 is 0 Å². The highest BCUT2D eigenvalue weighted by atomic mass is 79.9. The fraction of sp³-hybridized carbons (Fsp3) is 0.0769. The zero-order valence-corrected chi connectivity index (χ0v) is 10.7. The predicted molar refractivity (Wildman–Crippen MR) is 69.7 cm³/mol. The molecule has 3 rings (SSSR count). The molecule has 0 N–H and O–H groups in total. The summed E-state index contributed by atoms with van der Waals surface area (Å²) in [7, 11) is 0. The molecular weight excluding hydrogens is 280 g/mol. The Hall–Kier alpha value is -1.68. The Bertz CT molecular complexity index is 691. The van der Waals surface area contributed by atoms with Gasteiger partial charge in [0.1, 0.15) is 10.9 Å². The van der Waals surface area contributed by atoms with E-state index in [2.05, 4.69) is 32.0 Å². The minimum atomic E-state index is 0.619. The fourth-order valence-electron chi connectivity index (χ4n) is 1.85. The van der Waals surface area contributed by atoms with Crippen LogP contribution in [-0.4, -0.2) is 9.97 Å². The maximum Gasteiger partial charge on any atom is 0.227 e. The molecular formula is C13H9BrN2O. The molecule has 0 atom stereocenters. The summed E-state index contributed by atoms with van der Waals surface area (Å²) in [5.41, 5.74) is 2.00. The van der Waals surface area contributed by atoms with Gasteiger partial charge in [0, 0.05) is 22.8 Å². The van der Waals surface area contributed by atoms with Crippen molar-refractivity contribution in [1.29, 1.82) is 0 Å². The van der Waals surface area contributed by atoms with Crippen molar-refractivity contribution in [3.8, 4) is 11.5 Å². The first-order valence-electron chi connectivity index (χ1n) is 5.21. The van der Waals surface area contributed by atoms with Crippen LogP contribution in [-0.2, 0) is 0 Å². The van der Waals surface area contributed by atoms with Gasteiger partial charge in [-0.15, -0.1) is 0 Å². The number of rotatable bonds is 1. The molecule has 0 saturated carbocycles. The maximum absolute atomic E-state index is 5.36. The van der Waals surface area contributed by atoms with Crippen LogP contribution in [0, 0.1) is 6.92 Å². The predicted octanol–water partition coefficient (Wildman–Crippen LogP) is 3.96. The van der Waals surface area contributed by atoms with Crippen molar-refractivity contribution < 1.29 is 4.42 Å². The van der Waals surface area contributed by atoms with Crippen molar-refractivity contribution in [1.82, 2.24) is 9.97 Å². The highest BCUT2D eigenvalue weighted by Gasteiger charge is 2.06. The normalized spacial score (nSPS) is 10.9. The van der Waals surface area contributed by atoms with E-state index in [4.69, 9.17) is 4.42 Å². The van der Waals surface area contributed by atoms with Gasteiger partial charge >= 0.3 is 0 Å². The van der Waals surface area contributed by atoms with Gasteiger partial charge in [0.15, 0.2) is 0 Å². The molecule has 0 radical (unpaired) electrons. The Morgan fingerprint density at radius 2 is 2.12 bits per heavy atom. The maximum atomic E-state index is 5.36. The third-order valence-corrected chi connectivity index (χ3v) is 3.05. The molecule has 1 aromatic carbocycles. The first-order valence-corrected chi connectivity index (χ1v) is 6.00. The summed E-state index contributed by atoms with van der Waals surface area (Å²) in [6, 6.07) is 8.09. The second kappa shape index (κ2) is 3.96. The van der Waals surface area contributed by atoms with Crippen molar-refractivity contribution in [2.24, 2.45) is 0 Å². The molecule has 0 aliphatic carbocycles. The molecule has 0 bridgehead atoms. The molecule has 0 spiro atoms. The molecule has 84 valence electrons. The highest BCUT2D eigenvalue weighted by Crippen LogP contribution is 2.25. The Morgan fingerprint density at radius 1 is 1.24 bits per heavy atom. The number of benzene rings is 1.